The smallest absolute Gasteiger partial charge is 0.00257 e. The van der Waals surface area contributed by atoms with Crippen LogP contribution in [0.25, 0.3) is 0 Å². The van der Waals surface area contributed by atoms with E-state index in [1.807, 2.05) is 0 Å². The van der Waals surface area contributed by atoms with Crippen molar-refractivity contribution in [3.05, 3.63) is 71.3 Å². The minimum absolute atomic E-state index is 0.229. The summed E-state index contributed by atoms with van der Waals surface area (Å²) in [7, 11) is 0. The van der Waals surface area contributed by atoms with Crippen LogP contribution < -0.4 is 0 Å². The molecule has 0 aromatic heterocycles. The average molecular weight is 224 g/mol. The van der Waals surface area contributed by atoms with Crippen LogP contribution in [0.3, 0.4) is 0 Å². The van der Waals surface area contributed by atoms with Gasteiger partial charge in [0.05, 0.1) is 0 Å². The summed E-state index contributed by atoms with van der Waals surface area (Å²) < 4.78 is 0. The molecule has 0 heterocycles. The van der Waals surface area contributed by atoms with Gasteiger partial charge in [0.15, 0.2) is 0 Å². The Hall–Kier alpha value is -1.56. The molecule has 0 saturated heterocycles. The number of rotatable bonds is 2. The van der Waals surface area contributed by atoms with Gasteiger partial charge in [-0.05, 0) is 28.5 Å². The fourth-order valence-electron chi connectivity index (χ4n) is 1.98. The van der Waals surface area contributed by atoms with E-state index >= 15 is 0 Å². The molecule has 17 heavy (non-hydrogen) atoms. The minimum Gasteiger partial charge on any atom is -0.0622 e. The average Bonchev–Trinajstić information content (AvgIpc) is 2.29. The van der Waals surface area contributed by atoms with Crippen molar-refractivity contribution in [3.63, 3.8) is 0 Å². The lowest BCUT2D eigenvalue weighted by Gasteiger charge is -2.19. The third-order valence-electron chi connectivity index (χ3n) is 3.04. The Morgan fingerprint density at radius 3 is 2.06 bits per heavy atom. The molecule has 0 radical (unpaired) electrons. The molecule has 0 spiro atoms. The minimum atomic E-state index is 0.229. The first-order chi connectivity index (χ1) is 8.05. The van der Waals surface area contributed by atoms with Gasteiger partial charge in [-0.1, -0.05) is 75.4 Å². The standard InChI is InChI=1S/C17H20/c1-17(2,3)16-11-7-10-15(13-16)12-14-8-5-4-6-9-14/h4-11,13H,12H2,1-3H3. The van der Waals surface area contributed by atoms with Crippen molar-refractivity contribution >= 4 is 0 Å². The summed E-state index contributed by atoms with van der Waals surface area (Å²) in [5.74, 6) is 0. The maximum atomic E-state index is 2.33. The first-order valence-corrected chi connectivity index (χ1v) is 6.19. The van der Waals surface area contributed by atoms with Gasteiger partial charge < -0.3 is 0 Å². The van der Waals surface area contributed by atoms with Crippen LogP contribution in [0.2, 0.25) is 0 Å². The molecule has 0 bridgehead atoms. The van der Waals surface area contributed by atoms with Crippen molar-refractivity contribution in [2.45, 2.75) is 32.6 Å². The quantitative estimate of drug-likeness (QED) is 0.700. The van der Waals surface area contributed by atoms with Gasteiger partial charge >= 0.3 is 0 Å². The molecule has 88 valence electrons. The monoisotopic (exact) mass is 224 g/mol. The second-order valence-corrected chi connectivity index (χ2v) is 5.61. The Balaban J connectivity index is 2.23. The molecule has 0 unspecified atom stereocenters. The van der Waals surface area contributed by atoms with Crippen LogP contribution in [0.15, 0.2) is 54.6 Å². The third kappa shape index (κ3) is 3.20. The van der Waals surface area contributed by atoms with Crippen LogP contribution in [-0.4, -0.2) is 0 Å². The molecule has 2 aromatic carbocycles. The molecule has 0 aliphatic rings. The number of hydrogen-bond donors (Lipinski definition) is 0. The highest BCUT2D eigenvalue weighted by Crippen LogP contribution is 2.23. The lowest BCUT2D eigenvalue weighted by Crippen LogP contribution is -2.11. The van der Waals surface area contributed by atoms with Gasteiger partial charge in [0.1, 0.15) is 0 Å². The normalized spacial score (nSPS) is 11.5. The van der Waals surface area contributed by atoms with E-state index in [0.717, 1.165) is 6.42 Å². The van der Waals surface area contributed by atoms with Crippen molar-refractivity contribution in [2.24, 2.45) is 0 Å². The first-order valence-electron chi connectivity index (χ1n) is 6.19. The van der Waals surface area contributed by atoms with Crippen LogP contribution in [0.5, 0.6) is 0 Å². The van der Waals surface area contributed by atoms with Crippen LogP contribution in [0.4, 0.5) is 0 Å². The summed E-state index contributed by atoms with van der Waals surface area (Å²) in [5, 5.41) is 0. The predicted molar refractivity (Wildman–Crippen MR) is 74.4 cm³/mol. The lowest BCUT2D eigenvalue weighted by molar-refractivity contribution is 0.589. The van der Waals surface area contributed by atoms with Gasteiger partial charge in [-0.3, -0.25) is 0 Å². The summed E-state index contributed by atoms with van der Waals surface area (Å²) in [6.45, 7) is 6.78. The highest BCUT2D eigenvalue weighted by Gasteiger charge is 2.13. The van der Waals surface area contributed by atoms with E-state index in [1.54, 1.807) is 0 Å². The molecular formula is C17H20. The summed E-state index contributed by atoms with van der Waals surface area (Å²) in [6.07, 6.45) is 1.02. The zero-order valence-electron chi connectivity index (χ0n) is 10.9. The van der Waals surface area contributed by atoms with E-state index in [1.165, 1.54) is 16.7 Å². The SMILES string of the molecule is CC(C)(C)c1cccc(Cc2ccccc2)c1. The Labute approximate surface area is 104 Å². The van der Waals surface area contributed by atoms with Gasteiger partial charge in [0.2, 0.25) is 0 Å². The maximum Gasteiger partial charge on any atom is -0.00257 e. The van der Waals surface area contributed by atoms with Crippen LogP contribution in [-0.2, 0) is 11.8 Å². The Bertz CT molecular complexity index is 475. The molecule has 0 aliphatic heterocycles. The van der Waals surface area contributed by atoms with Crippen LogP contribution >= 0.6 is 0 Å². The van der Waals surface area contributed by atoms with Gasteiger partial charge in [-0.25, -0.2) is 0 Å². The van der Waals surface area contributed by atoms with Crippen molar-refractivity contribution in [2.75, 3.05) is 0 Å². The highest BCUT2D eigenvalue weighted by atomic mass is 14.2. The van der Waals surface area contributed by atoms with E-state index in [9.17, 15) is 0 Å². The lowest BCUT2D eigenvalue weighted by atomic mass is 9.85. The molecule has 2 aromatic rings. The molecule has 0 fully saturated rings. The van der Waals surface area contributed by atoms with Crippen LogP contribution in [0, 0.1) is 0 Å². The molecule has 0 N–H and O–H groups in total. The topological polar surface area (TPSA) is 0 Å². The van der Waals surface area contributed by atoms with Gasteiger partial charge in [0, 0.05) is 0 Å². The summed E-state index contributed by atoms with van der Waals surface area (Å²) >= 11 is 0. The number of hydrogen-bond acceptors (Lipinski definition) is 0. The van der Waals surface area contributed by atoms with Crippen molar-refractivity contribution < 1.29 is 0 Å². The Kier molecular flexibility index (Phi) is 3.33. The summed E-state index contributed by atoms with van der Waals surface area (Å²) in [6, 6.07) is 19.6. The predicted octanol–water partition coefficient (Wildman–Crippen LogP) is 4.57. The second-order valence-electron chi connectivity index (χ2n) is 5.61. The summed E-state index contributed by atoms with van der Waals surface area (Å²) in [4.78, 5) is 0. The largest absolute Gasteiger partial charge is 0.0622 e. The second kappa shape index (κ2) is 4.75. The van der Waals surface area contributed by atoms with E-state index in [2.05, 4.69) is 75.4 Å². The molecule has 2 rings (SSSR count). The van der Waals surface area contributed by atoms with Crippen molar-refractivity contribution in [1.82, 2.24) is 0 Å². The molecule has 0 nitrogen and oxygen atoms in total. The van der Waals surface area contributed by atoms with E-state index < -0.39 is 0 Å². The fraction of sp³-hybridized carbons (Fsp3) is 0.294. The number of benzene rings is 2. The summed E-state index contributed by atoms with van der Waals surface area (Å²) in [5.41, 5.74) is 4.40. The fourth-order valence-corrected chi connectivity index (χ4v) is 1.98. The van der Waals surface area contributed by atoms with Crippen molar-refractivity contribution in [1.29, 1.82) is 0 Å². The van der Waals surface area contributed by atoms with E-state index in [0.29, 0.717) is 0 Å². The van der Waals surface area contributed by atoms with Gasteiger partial charge in [-0.15, -0.1) is 0 Å². The molecule has 0 aliphatic carbocycles. The molecule has 0 saturated carbocycles. The van der Waals surface area contributed by atoms with Gasteiger partial charge in [0.25, 0.3) is 0 Å². The van der Waals surface area contributed by atoms with Crippen LogP contribution in [0.1, 0.15) is 37.5 Å². The first kappa shape index (κ1) is 11.9. The molecule has 0 atom stereocenters. The third-order valence-corrected chi connectivity index (χ3v) is 3.04. The zero-order chi connectivity index (χ0) is 12.3. The highest BCUT2D eigenvalue weighted by molar-refractivity contribution is 5.32. The maximum absolute atomic E-state index is 2.33. The zero-order valence-corrected chi connectivity index (χ0v) is 10.9. The Morgan fingerprint density at radius 2 is 1.41 bits per heavy atom. The van der Waals surface area contributed by atoms with Crippen molar-refractivity contribution in [3.8, 4) is 0 Å². The Morgan fingerprint density at radius 1 is 0.765 bits per heavy atom. The van der Waals surface area contributed by atoms with E-state index in [4.69, 9.17) is 0 Å². The molecular weight excluding hydrogens is 204 g/mol. The van der Waals surface area contributed by atoms with Gasteiger partial charge in [-0.2, -0.15) is 0 Å². The molecule has 0 heteroatoms. The van der Waals surface area contributed by atoms with E-state index in [-0.39, 0.29) is 5.41 Å². The molecule has 0 amide bonds.